The number of aryl methyl sites for hydroxylation is 1. The van der Waals surface area contributed by atoms with Crippen LogP contribution in [-0.2, 0) is 4.79 Å². The summed E-state index contributed by atoms with van der Waals surface area (Å²) in [6.07, 6.45) is 1.92. The maximum Gasteiger partial charge on any atom is 0.238 e. The number of likely N-dealkylation sites (tertiary alicyclic amines) is 1. The third kappa shape index (κ3) is 3.52. The molecule has 104 valence electrons. The van der Waals surface area contributed by atoms with Crippen molar-refractivity contribution in [1.82, 2.24) is 4.90 Å². The quantitative estimate of drug-likeness (QED) is 0.869. The van der Waals surface area contributed by atoms with Crippen LogP contribution >= 0.6 is 0 Å². The average Bonchev–Trinajstić information content (AvgIpc) is 2.81. The van der Waals surface area contributed by atoms with Gasteiger partial charge in [-0.1, -0.05) is 6.07 Å². The van der Waals surface area contributed by atoms with Crippen LogP contribution in [0, 0.1) is 12.7 Å². The first-order chi connectivity index (χ1) is 9.10. The van der Waals surface area contributed by atoms with Crippen LogP contribution in [0.2, 0.25) is 0 Å². The number of amides is 1. The maximum atomic E-state index is 13.4. The van der Waals surface area contributed by atoms with E-state index in [1.165, 1.54) is 6.07 Å². The molecule has 0 spiro atoms. The second-order valence-electron chi connectivity index (χ2n) is 4.96. The summed E-state index contributed by atoms with van der Waals surface area (Å²) in [5.41, 5.74) is 1.02. The van der Waals surface area contributed by atoms with Gasteiger partial charge in [-0.25, -0.2) is 4.39 Å². The zero-order chi connectivity index (χ0) is 13.8. The van der Waals surface area contributed by atoms with Crippen molar-refractivity contribution in [2.24, 2.45) is 0 Å². The van der Waals surface area contributed by atoms with Gasteiger partial charge in [-0.15, -0.1) is 0 Å². The molecule has 0 bridgehead atoms. The predicted molar refractivity (Wildman–Crippen MR) is 71.4 cm³/mol. The SMILES string of the molecule is Cc1ccc(NC(=O)CN2CCCC2CO)cc1F. The predicted octanol–water partition coefficient (Wildman–Crippen LogP) is 1.53. The van der Waals surface area contributed by atoms with Crippen molar-refractivity contribution in [3.05, 3.63) is 29.6 Å². The second kappa shape index (κ2) is 6.12. The number of halogens is 1. The Hall–Kier alpha value is -1.46. The average molecular weight is 266 g/mol. The number of anilines is 1. The van der Waals surface area contributed by atoms with Gasteiger partial charge in [0.05, 0.1) is 13.2 Å². The summed E-state index contributed by atoms with van der Waals surface area (Å²) in [6.45, 7) is 2.81. The molecular weight excluding hydrogens is 247 g/mol. The maximum absolute atomic E-state index is 13.4. The minimum atomic E-state index is -0.327. The first-order valence-electron chi connectivity index (χ1n) is 6.51. The van der Waals surface area contributed by atoms with Crippen LogP contribution in [0.5, 0.6) is 0 Å². The smallest absolute Gasteiger partial charge is 0.238 e. The molecule has 0 saturated carbocycles. The molecule has 2 N–H and O–H groups in total. The third-order valence-electron chi connectivity index (χ3n) is 3.51. The van der Waals surface area contributed by atoms with Crippen molar-refractivity contribution in [3.8, 4) is 0 Å². The number of nitrogens with one attached hydrogen (secondary N) is 1. The Morgan fingerprint density at radius 2 is 2.37 bits per heavy atom. The van der Waals surface area contributed by atoms with Crippen molar-refractivity contribution < 1.29 is 14.3 Å². The summed E-state index contributed by atoms with van der Waals surface area (Å²) in [6, 6.07) is 4.71. The van der Waals surface area contributed by atoms with Gasteiger partial charge in [0.2, 0.25) is 5.91 Å². The summed E-state index contributed by atoms with van der Waals surface area (Å²) >= 11 is 0. The lowest BCUT2D eigenvalue weighted by atomic mass is 10.2. The number of benzene rings is 1. The largest absolute Gasteiger partial charge is 0.395 e. The Morgan fingerprint density at radius 1 is 1.58 bits per heavy atom. The molecule has 19 heavy (non-hydrogen) atoms. The molecule has 1 amide bonds. The van der Waals surface area contributed by atoms with Crippen LogP contribution in [0.15, 0.2) is 18.2 Å². The van der Waals surface area contributed by atoms with Gasteiger partial charge < -0.3 is 10.4 Å². The first-order valence-corrected chi connectivity index (χ1v) is 6.51. The number of rotatable bonds is 4. The van der Waals surface area contributed by atoms with Gasteiger partial charge >= 0.3 is 0 Å². The Morgan fingerprint density at radius 3 is 3.05 bits per heavy atom. The molecular formula is C14H19FN2O2. The number of carbonyl (C=O) groups is 1. The highest BCUT2D eigenvalue weighted by Crippen LogP contribution is 2.17. The number of carbonyl (C=O) groups excluding carboxylic acids is 1. The summed E-state index contributed by atoms with van der Waals surface area (Å²) in [4.78, 5) is 13.8. The molecule has 5 heteroatoms. The minimum absolute atomic E-state index is 0.0699. The van der Waals surface area contributed by atoms with E-state index in [0.29, 0.717) is 11.3 Å². The number of aliphatic hydroxyl groups excluding tert-OH is 1. The molecule has 0 radical (unpaired) electrons. The number of hydrogen-bond donors (Lipinski definition) is 2. The van der Waals surface area contributed by atoms with Gasteiger partial charge in [0, 0.05) is 11.7 Å². The van der Waals surface area contributed by atoms with Gasteiger partial charge in [0.1, 0.15) is 5.82 Å². The molecule has 1 aromatic rings. The van der Waals surface area contributed by atoms with Crippen LogP contribution in [0.4, 0.5) is 10.1 Å². The van der Waals surface area contributed by atoms with Crippen molar-refractivity contribution in [1.29, 1.82) is 0 Å². The van der Waals surface area contributed by atoms with E-state index >= 15 is 0 Å². The minimum Gasteiger partial charge on any atom is -0.395 e. The zero-order valence-corrected chi connectivity index (χ0v) is 11.0. The van der Waals surface area contributed by atoms with E-state index in [-0.39, 0.29) is 30.9 Å². The van der Waals surface area contributed by atoms with E-state index in [2.05, 4.69) is 5.32 Å². The van der Waals surface area contributed by atoms with E-state index < -0.39 is 0 Å². The summed E-state index contributed by atoms with van der Waals surface area (Å²) in [7, 11) is 0. The Labute approximate surface area is 112 Å². The number of hydrogen-bond acceptors (Lipinski definition) is 3. The van der Waals surface area contributed by atoms with E-state index in [1.807, 2.05) is 4.90 Å². The summed E-state index contributed by atoms with van der Waals surface area (Å²) < 4.78 is 13.4. The molecule has 1 aliphatic heterocycles. The lowest BCUT2D eigenvalue weighted by Gasteiger charge is -2.21. The van der Waals surface area contributed by atoms with Crippen LogP contribution < -0.4 is 5.32 Å². The fourth-order valence-corrected chi connectivity index (χ4v) is 2.37. The highest BCUT2D eigenvalue weighted by molar-refractivity contribution is 5.92. The number of aliphatic hydroxyl groups is 1. The summed E-state index contributed by atoms with van der Waals surface area (Å²) in [5.74, 6) is -0.504. The normalized spacial score (nSPS) is 19.6. The molecule has 1 aromatic carbocycles. The molecule has 1 unspecified atom stereocenters. The monoisotopic (exact) mass is 266 g/mol. The Balaban J connectivity index is 1.92. The molecule has 2 rings (SSSR count). The molecule has 1 aliphatic rings. The van der Waals surface area contributed by atoms with Crippen molar-refractivity contribution >= 4 is 11.6 Å². The molecule has 0 aromatic heterocycles. The number of nitrogens with zero attached hydrogens (tertiary/aromatic N) is 1. The Bertz CT molecular complexity index is 465. The van der Waals surface area contributed by atoms with Crippen LogP contribution in [0.3, 0.4) is 0 Å². The lowest BCUT2D eigenvalue weighted by molar-refractivity contribution is -0.117. The second-order valence-corrected chi connectivity index (χ2v) is 4.96. The molecule has 4 nitrogen and oxygen atoms in total. The Kier molecular flexibility index (Phi) is 4.50. The fraction of sp³-hybridized carbons (Fsp3) is 0.500. The van der Waals surface area contributed by atoms with Crippen LogP contribution in [-0.4, -0.2) is 41.7 Å². The molecule has 1 saturated heterocycles. The van der Waals surface area contributed by atoms with E-state index in [0.717, 1.165) is 19.4 Å². The molecule has 0 aliphatic carbocycles. The molecule has 1 fully saturated rings. The highest BCUT2D eigenvalue weighted by atomic mass is 19.1. The molecule has 1 heterocycles. The van der Waals surface area contributed by atoms with Crippen molar-refractivity contribution in [2.45, 2.75) is 25.8 Å². The standard InChI is InChI=1S/C14H19FN2O2/c1-10-4-5-11(7-13(10)15)16-14(19)8-17-6-2-3-12(17)9-18/h4-5,7,12,18H,2-3,6,8-9H2,1H3,(H,16,19). The first kappa shape index (κ1) is 14.0. The van der Waals surface area contributed by atoms with E-state index in [9.17, 15) is 14.3 Å². The summed E-state index contributed by atoms with van der Waals surface area (Å²) in [5, 5.41) is 11.9. The third-order valence-corrected chi connectivity index (χ3v) is 3.51. The van der Waals surface area contributed by atoms with Gasteiger partial charge in [-0.05, 0) is 44.0 Å². The zero-order valence-electron chi connectivity index (χ0n) is 11.0. The van der Waals surface area contributed by atoms with E-state index in [4.69, 9.17) is 0 Å². The molecule has 1 atom stereocenters. The van der Waals surface area contributed by atoms with Gasteiger partial charge in [0.25, 0.3) is 0 Å². The van der Waals surface area contributed by atoms with Gasteiger partial charge in [-0.2, -0.15) is 0 Å². The van der Waals surface area contributed by atoms with Gasteiger partial charge in [0.15, 0.2) is 0 Å². The lowest BCUT2D eigenvalue weighted by Crippen LogP contribution is -2.38. The van der Waals surface area contributed by atoms with Gasteiger partial charge in [-0.3, -0.25) is 9.69 Å². The van der Waals surface area contributed by atoms with Crippen molar-refractivity contribution in [2.75, 3.05) is 25.0 Å². The topological polar surface area (TPSA) is 52.6 Å². The highest BCUT2D eigenvalue weighted by Gasteiger charge is 2.25. The van der Waals surface area contributed by atoms with Crippen LogP contribution in [0.25, 0.3) is 0 Å². The van der Waals surface area contributed by atoms with E-state index in [1.54, 1.807) is 19.1 Å². The van der Waals surface area contributed by atoms with Crippen LogP contribution in [0.1, 0.15) is 18.4 Å². The van der Waals surface area contributed by atoms with Crippen molar-refractivity contribution in [3.63, 3.8) is 0 Å². The fourth-order valence-electron chi connectivity index (χ4n) is 2.37.